The largest absolute Gasteiger partial charge is 0.394 e. The van der Waals surface area contributed by atoms with Gasteiger partial charge in [0.05, 0.1) is 32.0 Å². The van der Waals surface area contributed by atoms with Gasteiger partial charge in [0.15, 0.2) is 12.6 Å². The number of rotatable bonds is 56. The zero-order chi connectivity index (χ0) is 59.5. The maximum Gasteiger partial charge on any atom is 0.220 e. The molecular weight excluding hydrogens is 1040 g/mol. The SMILES string of the molecule is CCCCCCCC/C=C\CCCCCCCCCC(=O)NC(COC1OC(CO)C(OC2OC(CO)C(O)C(O)C2O)C(O)C1O)C(O)/C=C/CC/C=C/CCCCCCCCCCCCCCCCCCCCCCCCCCC. The number of hydrogen-bond donors (Lipinski definition) is 9. The van der Waals surface area contributed by atoms with Gasteiger partial charge in [0.2, 0.25) is 5.91 Å². The van der Waals surface area contributed by atoms with Crippen molar-refractivity contribution < 1.29 is 64.6 Å². The van der Waals surface area contributed by atoms with Gasteiger partial charge in [0, 0.05) is 6.42 Å². The lowest BCUT2D eigenvalue weighted by Gasteiger charge is -2.46. The van der Waals surface area contributed by atoms with Crippen molar-refractivity contribution in [3.05, 3.63) is 36.5 Å². The van der Waals surface area contributed by atoms with E-state index in [0.29, 0.717) is 12.8 Å². The van der Waals surface area contributed by atoms with Gasteiger partial charge >= 0.3 is 0 Å². The Kier molecular flexibility index (Phi) is 49.7. The zero-order valence-corrected chi connectivity index (χ0v) is 52.2. The third-order valence-electron chi connectivity index (χ3n) is 16.8. The predicted molar refractivity (Wildman–Crippen MR) is 332 cm³/mol. The molecule has 1 amide bonds. The van der Waals surface area contributed by atoms with Gasteiger partial charge in [-0.05, 0) is 57.8 Å². The second kappa shape index (κ2) is 53.4. The van der Waals surface area contributed by atoms with E-state index in [0.717, 1.165) is 38.5 Å². The summed E-state index contributed by atoms with van der Waals surface area (Å²) in [6.45, 7) is 2.81. The minimum Gasteiger partial charge on any atom is -0.394 e. The van der Waals surface area contributed by atoms with Crippen molar-refractivity contribution in [1.29, 1.82) is 0 Å². The smallest absolute Gasteiger partial charge is 0.220 e. The van der Waals surface area contributed by atoms with Gasteiger partial charge in [-0.25, -0.2) is 0 Å². The summed E-state index contributed by atoms with van der Waals surface area (Å²) in [5.74, 6) is -0.251. The fourth-order valence-corrected chi connectivity index (χ4v) is 11.3. The number of carbonyl (C=O) groups excluding carboxylic acids is 1. The topological polar surface area (TPSA) is 228 Å². The fraction of sp³-hybridized carbons (Fsp3) is 0.897. The highest BCUT2D eigenvalue weighted by molar-refractivity contribution is 5.76. The van der Waals surface area contributed by atoms with Crippen molar-refractivity contribution >= 4 is 5.91 Å². The first kappa shape index (κ1) is 76.3. The maximum atomic E-state index is 13.3. The van der Waals surface area contributed by atoms with Gasteiger partial charge in [-0.15, -0.1) is 0 Å². The van der Waals surface area contributed by atoms with Crippen LogP contribution in [0.2, 0.25) is 0 Å². The zero-order valence-electron chi connectivity index (χ0n) is 52.2. The summed E-state index contributed by atoms with van der Waals surface area (Å²) in [7, 11) is 0. The Labute approximate surface area is 500 Å². The highest BCUT2D eigenvalue weighted by Crippen LogP contribution is 2.30. The molecule has 0 spiro atoms. The van der Waals surface area contributed by atoms with Crippen LogP contribution in [0.15, 0.2) is 36.5 Å². The third kappa shape index (κ3) is 37.7. The quantitative estimate of drug-likeness (QED) is 0.0204. The van der Waals surface area contributed by atoms with E-state index in [1.54, 1.807) is 6.08 Å². The Bertz CT molecular complexity index is 1510. The van der Waals surface area contributed by atoms with Crippen LogP contribution in [0.1, 0.15) is 296 Å². The van der Waals surface area contributed by atoms with Crippen LogP contribution in [0, 0.1) is 0 Å². The Morgan fingerprint density at radius 2 is 0.780 bits per heavy atom. The first-order valence-electron chi connectivity index (χ1n) is 34.2. The number of nitrogens with one attached hydrogen (secondary N) is 1. The maximum absolute atomic E-state index is 13.3. The van der Waals surface area contributed by atoms with Crippen LogP contribution < -0.4 is 5.32 Å². The number of ether oxygens (including phenoxy) is 4. The first-order chi connectivity index (χ1) is 40.1. The van der Waals surface area contributed by atoms with Crippen molar-refractivity contribution in [3.8, 4) is 0 Å². The van der Waals surface area contributed by atoms with Crippen LogP contribution in [-0.2, 0) is 23.7 Å². The molecule has 2 fully saturated rings. The molecule has 9 N–H and O–H groups in total. The molecule has 0 aromatic carbocycles. The molecule has 14 heteroatoms. The lowest BCUT2D eigenvalue weighted by molar-refractivity contribution is -0.359. The summed E-state index contributed by atoms with van der Waals surface area (Å²) in [5.41, 5.74) is 0. The van der Waals surface area contributed by atoms with Gasteiger partial charge in [0.25, 0.3) is 0 Å². The van der Waals surface area contributed by atoms with Gasteiger partial charge in [-0.3, -0.25) is 4.79 Å². The average Bonchev–Trinajstić information content (AvgIpc) is 3.49. The van der Waals surface area contributed by atoms with E-state index in [2.05, 4.69) is 43.5 Å². The van der Waals surface area contributed by atoms with Crippen molar-refractivity contribution in [2.24, 2.45) is 0 Å². The van der Waals surface area contributed by atoms with E-state index in [1.807, 2.05) is 6.08 Å². The molecule has 0 radical (unpaired) electrons. The van der Waals surface area contributed by atoms with Gasteiger partial charge in [-0.1, -0.05) is 269 Å². The summed E-state index contributed by atoms with van der Waals surface area (Å²) in [5, 5.41) is 87.3. The Hall–Kier alpha value is -1.79. The highest BCUT2D eigenvalue weighted by atomic mass is 16.7. The molecule has 0 aromatic rings. The first-order valence-corrected chi connectivity index (χ1v) is 34.2. The minimum absolute atomic E-state index is 0.251. The summed E-state index contributed by atoms with van der Waals surface area (Å²) >= 11 is 0. The summed E-state index contributed by atoms with van der Waals surface area (Å²) < 4.78 is 22.8. The monoisotopic (exact) mass is 1170 g/mol. The molecule has 0 aromatic heterocycles. The van der Waals surface area contributed by atoms with Crippen LogP contribution in [0.25, 0.3) is 0 Å². The predicted octanol–water partition coefficient (Wildman–Crippen LogP) is 13.3. The van der Waals surface area contributed by atoms with E-state index < -0.39 is 86.8 Å². The molecule has 2 saturated heterocycles. The molecule has 2 aliphatic heterocycles. The molecule has 2 rings (SSSR count). The van der Waals surface area contributed by atoms with Crippen LogP contribution in [0.4, 0.5) is 0 Å². The number of aliphatic hydroxyl groups is 8. The fourth-order valence-electron chi connectivity index (χ4n) is 11.3. The Morgan fingerprint density at radius 3 is 1.20 bits per heavy atom. The normalized spacial score (nSPS) is 24.1. The molecule has 2 aliphatic rings. The average molecular weight is 1170 g/mol. The Balaban J connectivity index is 1.68. The molecular formula is C68H127NO13. The second-order valence-electron chi connectivity index (χ2n) is 24.3. The molecule has 482 valence electrons. The molecule has 82 heavy (non-hydrogen) atoms. The number of unbranched alkanes of at least 4 members (excludes halogenated alkanes) is 39. The molecule has 0 bridgehead atoms. The third-order valence-corrected chi connectivity index (χ3v) is 16.8. The minimum atomic E-state index is -1.79. The van der Waals surface area contributed by atoms with Gasteiger partial charge < -0.3 is 65.1 Å². The molecule has 12 unspecified atom stereocenters. The lowest BCUT2D eigenvalue weighted by Crippen LogP contribution is -2.65. The molecule has 12 atom stereocenters. The number of carbonyl (C=O) groups is 1. The molecule has 14 nitrogen and oxygen atoms in total. The molecule has 0 aliphatic carbocycles. The molecule has 0 saturated carbocycles. The molecule has 2 heterocycles. The van der Waals surface area contributed by atoms with E-state index in [1.165, 1.54) is 225 Å². The summed E-state index contributed by atoms with van der Waals surface area (Å²) in [6.07, 6.45) is 50.7. The van der Waals surface area contributed by atoms with Crippen molar-refractivity contribution in [2.45, 2.75) is 370 Å². The summed E-state index contributed by atoms with van der Waals surface area (Å²) in [4.78, 5) is 13.3. The number of hydrogen-bond acceptors (Lipinski definition) is 13. The van der Waals surface area contributed by atoms with E-state index in [4.69, 9.17) is 18.9 Å². The summed E-state index contributed by atoms with van der Waals surface area (Å²) in [6, 6.07) is -0.934. The Morgan fingerprint density at radius 1 is 0.427 bits per heavy atom. The van der Waals surface area contributed by atoms with E-state index in [-0.39, 0.29) is 18.9 Å². The number of amides is 1. The van der Waals surface area contributed by atoms with Gasteiger partial charge in [-0.2, -0.15) is 0 Å². The van der Waals surface area contributed by atoms with E-state index >= 15 is 0 Å². The van der Waals surface area contributed by atoms with E-state index in [9.17, 15) is 45.6 Å². The van der Waals surface area contributed by atoms with Crippen LogP contribution in [0.3, 0.4) is 0 Å². The number of aliphatic hydroxyl groups excluding tert-OH is 8. The second-order valence-corrected chi connectivity index (χ2v) is 24.3. The lowest BCUT2D eigenvalue weighted by atomic mass is 9.97. The van der Waals surface area contributed by atoms with Crippen molar-refractivity contribution in [2.75, 3.05) is 19.8 Å². The number of allylic oxidation sites excluding steroid dienone is 5. The highest BCUT2D eigenvalue weighted by Gasteiger charge is 2.51. The van der Waals surface area contributed by atoms with Crippen molar-refractivity contribution in [3.63, 3.8) is 0 Å². The van der Waals surface area contributed by atoms with Crippen LogP contribution in [-0.4, -0.2) is 140 Å². The van der Waals surface area contributed by atoms with Gasteiger partial charge in [0.1, 0.15) is 48.8 Å². The van der Waals surface area contributed by atoms with Crippen molar-refractivity contribution in [1.82, 2.24) is 5.32 Å². The van der Waals surface area contributed by atoms with Crippen LogP contribution >= 0.6 is 0 Å². The standard InChI is InChI=1S/C68H127NO13/c1-3-5-7-9-11-13-15-17-19-21-22-23-24-25-26-27-28-29-30-31-32-33-34-36-37-39-41-43-45-47-49-51-57(72)56(69-60(73)52-50-48-46-44-42-40-38-35-20-18-16-14-12-10-8-6-4-2)55-79-67-65(78)63(76)66(59(54-71)81-67)82-68-64(77)62(75)61(74)58(53-70)80-68/h18,20,41,43,49,51,56-59,61-68,70-72,74-78H,3-17,19,21-40,42,44-48,50,52-55H2,1-2H3,(H,69,73)/b20-18-,43-41+,51-49+. The van der Waals surface area contributed by atoms with Crippen LogP contribution in [0.5, 0.6) is 0 Å².